The Morgan fingerprint density at radius 2 is 0.554 bits per heavy atom. The van der Waals surface area contributed by atoms with E-state index in [-0.39, 0.29) is 31.1 Å². The van der Waals surface area contributed by atoms with Gasteiger partial charge in [-0.15, -0.1) is 0 Å². The van der Waals surface area contributed by atoms with Gasteiger partial charge in [-0.1, -0.05) is 171 Å². The molecule has 3 aromatic carbocycles. The van der Waals surface area contributed by atoms with Crippen molar-refractivity contribution in [1.29, 1.82) is 0 Å². The van der Waals surface area contributed by atoms with Crippen LogP contribution in [-0.4, -0.2) is 53.0 Å². The molecule has 0 fully saturated rings. The summed E-state index contributed by atoms with van der Waals surface area (Å²) < 4.78 is 20.2. The summed E-state index contributed by atoms with van der Waals surface area (Å²) in [5, 5.41) is 26.6. The summed E-state index contributed by atoms with van der Waals surface area (Å²) in [5.41, 5.74) is 7.69. The summed E-state index contributed by atoms with van der Waals surface area (Å²) in [4.78, 5) is 32.3. The summed E-state index contributed by atoms with van der Waals surface area (Å²) in [6.45, 7) is 2.03. The fraction of sp³-hybridized carbons (Fsp3) is 0.625. The minimum absolute atomic E-state index is 0.0630. The van der Waals surface area contributed by atoms with E-state index >= 15 is 0 Å². The number of aliphatic carboxylic acids is 3. The first-order valence-electron chi connectivity index (χ1n) is 25.8. The van der Waals surface area contributed by atoms with E-state index in [9.17, 15) is 14.4 Å². The van der Waals surface area contributed by atoms with Gasteiger partial charge in [0.15, 0.2) is 0 Å². The second-order valence-electron chi connectivity index (χ2n) is 18.7. The molecule has 6 rings (SSSR count). The molecular formula is C56H80O9. The number of carboxylic acids is 3. The monoisotopic (exact) mass is 897 g/mol. The minimum atomic E-state index is -0.696. The van der Waals surface area contributed by atoms with Gasteiger partial charge in [-0.2, -0.15) is 0 Å². The van der Waals surface area contributed by atoms with Crippen LogP contribution in [0.4, 0.5) is 0 Å². The third-order valence-electron chi connectivity index (χ3n) is 13.5. The van der Waals surface area contributed by atoms with Gasteiger partial charge in [-0.3, -0.25) is 14.4 Å². The molecule has 3 aliphatic carbocycles. The lowest BCUT2D eigenvalue weighted by Gasteiger charge is -2.44. The first-order valence-corrected chi connectivity index (χ1v) is 25.8. The Balaban J connectivity index is 1.19. The molecule has 0 spiro atoms. The Morgan fingerprint density at radius 3 is 0.800 bits per heavy atom. The van der Waals surface area contributed by atoms with Crippen LogP contribution in [0.1, 0.15) is 238 Å². The fourth-order valence-corrected chi connectivity index (χ4v) is 10.1. The SMILES string of the molecule is O=C(O)CCCCCCCCCCCOc1cccc2c1C1c3c(OCCCCCCCCCCCC(=O)O)cccc3C2c2cccc(OCCCCCCCCCCCC(=O)O)c21. The summed E-state index contributed by atoms with van der Waals surface area (Å²) in [7, 11) is 0. The standard InChI is InChI=1S/C56H80O9/c57-49(58)37-22-16-10-4-1-7-13-19-25-40-63-46-34-28-31-43-52-44-32-29-35-47(64-41-26-20-14-8-2-5-11-17-23-38-50(59)60)54(44)56(53(43)46)55-45(52)33-30-36-48(55)65-42-27-21-15-9-3-6-12-18-24-39-51(61)62/h28-36,52,56H,1-27,37-42H2,(H,57,58)(H,59,60)(H,61,62). The minimum Gasteiger partial charge on any atom is -0.493 e. The van der Waals surface area contributed by atoms with Crippen LogP contribution in [0.2, 0.25) is 0 Å². The van der Waals surface area contributed by atoms with E-state index in [4.69, 9.17) is 29.5 Å². The Hall–Kier alpha value is -4.53. The number of rotatable bonds is 39. The molecule has 0 aliphatic heterocycles. The molecule has 65 heavy (non-hydrogen) atoms. The number of benzene rings is 3. The van der Waals surface area contributed by atoms with Gasteiger partial charge >= 0.3 is 17.9 Å². The van der Waals surface area contributed by atoms with Crippen molar-refractivity contribution in [1.82, 2.24) is 0 Å². The Labute approximate surface area is 390 Å². The van der Waals surface area contributed by atoms with E-state index in [2.05, 4.69) is 54.6 Å². The second kappa shape index (κ2) is 29.9. The number of hydrogen-bond donors (Lipinski definition) is 3. The molecule has 3 aromatic rings. The molecule has 358 valence electrons. The molecule has 3 aliphatic rings. The molecule has 9 nitrogen and oxygen atoms in total. The average molecular weight is 897 g/mol. The van der Waals surface area contributed by atoms with E-state index < -0.39 is 17.9 Å². The maximum atomic E-state index is 10.8. The van der Waals surface area contributed by atoms with Crippen molar-refractivity contribution in [2.75, 3.05) is 19.8 Å². The number of unbranched alkanes of at least 4 members (excludes halogenated alkanes) is 24. The second-order valence-corrected chi connectivity index (χ2v) is 18.7. The van der Waals surface area contributed by atoms with Crippen LogP contribution in [0, 0.1) is 0 Å². The van der Waals surface area contributed by atoms with Crippen molar-refractivity contribution in [3.8, 4) is 17.2 Å². The highest BCUT2D eigenvalue weighted by molar-refractivity contribution is 5.74. The van der Waals surface area contributed by atoms with Crippen LogP contribution >= 0.6 is 0 Å². The van der Waals surface area contributed by atoms with Crippen molar-refractivity contribution in [3.63, 3.8) is 0 Å². The van der Waals surface area contributed by atoms with E-state index in [0.29, 0.717) is 19.8 Å². The number of hydrogen-bond acceptors (Lipinski definition) is 6. The van der Waals surface area contributed by atoms with Gasteiger partial charge < -0.3 is 29.5 Å². The van der Waals surface area contributed by atoms with E-state index in [1.165, 1.54) is 110 Å². The fourth-order valence-electron chi connectivity index (χ4n) is 10.1. The lowest BCUT2D eigenvalue weighted by molar-refractivity contribution is -0.138. The van der Waals surface area contributed by atoms with Crippen LogP contribution < -0.4 is 14.2 Å². The molecular weight excluding hydrogens is 817 g/mol. The predicted octanol–water partition coefficient (Wildman–Crippen LogP) is 14.8. The van der Waals surface area contributed by atoms with E-state index in [1.807, 2.05) is 0 Å². The lowest BCUT2D eigenvalue weighted by atomic mass is 9.60. The van der Waals surface area contributed by atoms with Gasteiger partial charge in [0.2, 0.25) is 0 Å². The molecule has 9 heteroatoms. The van der Waals surface area contributed by atoms with Crippen molar-refractivity contribution < 1.29 is 43.9 Å². The van der Waals surface area contributed by atoms with Crippen LogP contribution in [0.25, 0.3) is 0 Å². The Bertz CT molecular complexity index is 1660. The van der Waals surface area contributed by atoms with E-state index in [0.717, 1.165) is 114 Å². The normalized spacial score (nSPS) is 14.4. The first kappa shape index (κ1) is 51.5. The largest absolute Gasteiger partial charge is 0.493 e. The third kappa shape index (κ3) is 17.3. The predicted molar refractivity (Wildman–Crippen MR) is 259 cm³/mol. The summed E-state index contributed by atoms with van der Waals surface area (Å²) >= 11 is 0. The van der Waals surface area contributed by atoms with Gasteiger partial charge in [0.25, 0.3) is 0 Å². The van der Waals surface area contributed by atoms with Crippen molar-refractivity contribution in [3.05, 3.63) is 88.0 Å². The number of ether oxygens (including phenoxy) is 3. The molecule has 0 radical (unpaired) electrons. The van der Waals surface area contributed by atoms with Crippen molar-refractivity contribution >= 4 is 17.9 Å². The zero-order chi connectivity index (χ0) is 45.9. The van der Waals surface area contributed by atoms with Gasteiger partial charge in [-0.25, -0.2) is 0 Å². The lowest BCUT2D eigenvalue weighted by Crippen LogP contribution is -2.29. The molecule has 0 saturated heterocycles. The maximum Gasteiger partial charge on any atom is 0.303 e. The molecule has 0 heterocycles. The van der Waals surface area contributed by atoms with Crippen LogP contribution in [-0.2, 0) is 14.4 Å². The van der Waals surface area contributed by atoms with E-state index in [1.54, 1.807) is 0 Å². The Morgan fingerprint density at radius 1 is 0.323 bits per heavy atom. The van der Waals surface area contributed by atoms with Gasteiger partial charge in [0, 0.05) is 47.8 Å². The van der Waals surface area contributed by atoms with Gasteiger partial charge in [0.1, 0.15) is 17.2 Å². The number of carbonyl (C=O) groups is 3. The first-order chi connectivity index (χ1) is 31.9. The summed E-state index contributed by atoms with van der Waals surface area (Å²) in [5.74, 6) is 0.794. The zero-order valence-corrected chi connectivity index (χ0v) is 39.5. The molecule has 0 atom stereocenters. The number of carboxylic acid groups (broad SMARTS) is 3. The van der Waals surface area contributed by atoms with Crippen LogP contribution in [0.5, 0.6) is 17.2 Å². The summed E-state index contributed by atoms with van der Waals surface area (Å²) in [6.07, 6.45) is 30.3. The average Bonchev–Trinajstić information content (AvgIpc) is 3.29. The summed E-state index contributed by atoms with van der Waals surface area (Å²) in [6, 6.07) is 19.8. The third-order valence-corrected chi connectivity index (χ3v) is 13.5. The van der Waals surface area contributed by atoms with Crippen LogP contribution in [0.15, 0.2) is 54.6 Å². The molecule has 0 saturated carbocycles. The van der Waals surface area contributed by atoms with Crippen LogP contribution in [0.3, 0.4) is 0 Å². The Kier molecular flexibility index (Phi) is 23.7. The highest BCUT2D eigenvalue weighted by Crippen LogP contribution is 2.61. The smallest absolute Gasteiger partial charge is 0.303 e. The highest BCUT2D eigenvalue weighted by Gasteiger charge is 2.46. The van der Waals surface area contributed by atoms with Crippen molar-refractivity contribution in [2.24, 2.45) is 0 Å². The molecule has 0 aromatic heterocycles. The van der Waals surface area contributed by atoms with Crippen molar-refractivity contribution in [2.45, 2.75) is 204 Å². The molecule has 2 bridgehead atoms. The van der Waals surface area contributed by atoms with Gasteiger partial charge in [-0.05, 0) is 73.4 Å². The highest BCUT2D eigenvalue weighted by atomic mass is 16.5. The molecule has 0 amide bonds. The topological polar surface area (TPSA) is 140 Å². The van der Waals surface area contributed by atoms with Gasteiger partial charge in [0.05, 0.1) is 19.8 Å². The zero-order valence-electron chi connectivity index (χ0n) is 39.5. The molecule has 3 N–H and O–H groups in total. The molecule has 0 unspecified atom stereocenters. The maximum absolute atomic E-state index is 10.8. The quantitative estimate of drug-likeness (QED) is 0.0329.